The van der Waals surface area contributed by atoms with Gasteiger partial charge in [-0.2, -0.15) is 0 Å². The van der Waals surface area contributed by atoms with Crippen molar-refractivity contribution < 1.29 is 9.90 Å². The van der Waals surface area contributed by atoms with Crippen LogP contribution >= 0.6 is 11.3 Å². The lowest BCUT2D eigenvalue weighted by Gasteiger charge is -2.24. The van der Waals surface area contributed by atoms with Crippen molar-refractivity contribution >= 4 is 17.2 Å². The van der Waals surface area contributed by atoms with Gasteiger partial charge in [0.05, 0.1) is 12.5 Å². The van der Waals surface area contributed by atoms with Gasteiger partial charge in [-0.15, -0.1) is 11.3 Å². The van der Waals surface area contributed by atoms with E-state index in [4.69, 9.17) is 5.11 Å². The first kappa shape index (κ1) is 14.2. The molecule has 0 bridgehead atoms. The van der Waals surface area contributed by atoms with Gasteiger partial charge in [-0.25, -0.2) is 0 Å². The van der Waals surface area contributed by atoms with E-state index in [9.17, 15) is 4.79 Å². The van der Waals surface area contributed by atoms with Crippen LogP contribution in [0.3, 0.4) is 0 Å². The molecule has 3 nitrogen and oxygen atoms in total. The number of carbonyl (C=O) groups is 1. The largest absolute Gasteiger partial charge is 0.396 e. The van der Waals surface area contributed by atoms with Crippen LogP contribution in [0.2, 0.25) is 0 Å². The molecule has 1 unspecified atom stereocenters. The first-order valence-corrected chi connectivity index (χ1v) is 6.81. The highest BCUT2D eigenvalue weighted by Gasteiger charge is 2.24. The zero-order valence-corrected chi connectivity index (χ0v) is 11.5. The third kappa shape index (κ3) is 3.82. The van der Waals surface area contributed by atoms with Crippen molar-refractivity contribution in [1.29, 1.82) is 0 Å². The number of aliphatic hydroxyl groups is 1. The topological polar surface area (TPSA) is 49.3 Å². The second kappa shape index (κ2) is 6.17. The molecule has 0 aromatic carbocycles. The van der Waals surface area contributed by atoms with Gasteiger partial charge in [0.15, 0.2) is 0 Å². The fourth-order valence-electron chi connectivity index (χ4n) is 1.60. The summed E-state index contributed by atoms with van der Waals surface area (Å²) in [7, 11) is 0. The monoisotopic (exact) mass is 255 g/mol. The Morgan fingerprint density at radius 2 is 2.29 bits per heavy atom. The molecule has 0 aliphatic heterocycles. The molecule has 1 rings (SSSR count). The molecule has 1 atom stereocenters. The summed E-state index contributed by atoms with van der Waals surface area (Å²) in [4.78, 5) is 13.0. The fourth-order valence-corrected chi connectivity index (χ4v) is 2.45. The van der Waals surface area contributed by atoms with E-state index in [2.05, 4.69) is 25.2 Å². The standard InChI is InChI=1S/C13H21NO2S/c1-4-10(8-15)12(16)14-9-13(2,3)11-6-5-7-17-11/h5-7,10,15H,4,8-9H2,1-3H3,(H,14,16). The quantitative estimate of drug-likeness (QED) is 0.818. The average Bonchev–Trinajstić information content (AvgIpc) is 2.82. The van der Waals surface area contributed by atoms with Crippen molar-refractivity contribution in [2.75, 3.05) is 13.2 Å². The number of amides is 1. The van der Waals surface area contributed by atoms with Gasteiger partial charge in [0.25, 0.3) is 0 Å². The van der Waals surface area contributed by atoms with E-state index in [1.807, 2.05) is 18.4 Å². The van der Waals surface area contributed by atoms with E-state index in [1.165, 1.54) is 4.88 Å². The van der Waals surface area contributed by atoms with E-state index < -0.39 is 0 Å². The van der Waals surface area contributed by atoms with Crippen molar-refractivity contribution in [1.82, 2.24) is 5.32 Å². The predicted molar refractivity (Wildman–Crippen MR) is 71.2 cm³/mol. The number of aliphatic hydroxyl groups excluding tert-OH is 1. The molecule has 2 N–H and O–H groups in total. The molecule has 1 amide bonds. The van der Waals surface area contributed by atoms with Gasteiger partial charge in [0.1, 0.15) is 0 Å². The molecule has 17 heavy (non-hydrogen) atoms. The fraction of sp³-hybridized carbons (Fsp3) is 0.615. The molecule has 1 aromatic rings. The molecule has 0 aliphatic carbocycles. The second-order valence-corrected chi connectivity index (χ2v) is 5.81. The molecule has 0 aliphatic rings. The van der Waals surface area contributed by atoms with Crippen LogP contribution in [-0.2, 0) is 10.2 Å². The summed E-state index contributed by atoms with van der Waals surface area (Å²) in [5.74, 6) is -0.339. The summed E-state index contributed by atoms with van der Waals surface area (Å²) < 4.78 is 0. The molecule has 0 fully saturated rings. The summed E-state index contributed by atoms with van der Waals surface area (Å²) in [5, 5.41) is 14.0. The Hall–Kier alpha value is -0.870. The summed E-state index contributed by atoms with van der Waals surface area (Å²) in [6, 6.07) is 4.10. The summed E-state index contributed by atoms with van der Waals surface area (Å²) >= 11 is 1.70. The second-order valence-electron chi connectivity index (χ2n) is 4.87. The molecule has 0 saturated carbocycles. The minimum Gasteiger partial charge on any atom is -0.396 e. The average molecular weight is 255 g/mol. The first-order chi connectivity index (χ1) is 8.01. The van der Waals surface area contributed by atoms with Crippen molar-refractivity contribution in [2.24, 2.45) is 5.92 Å². The molecule has 0 radical (unpaired) electrons. The van der Waals surface area contributed by atoms with Crippen LogP contribution < -0.4 is 5.32 Å². The maximum atomic E-state index is 11.8. The zero-order chi connectivity index (χ0) is 12.9. The van der Waals surface area contributed by atoms with Crippen molar-refractivity contribution in [3.05, 3.63) is 22.4 Å². The lowest BCUT2D eigenvalue weighted by molar-refractivity contribution is -0.126. The Kier molecular flexibility index (Phi) is 5.15. The minimum absolute atomic E-state index is 0.0559. The van der Waals surface area contributed by atoms with Gasteiger partial charge in [-0.05, 0) is 17.9 Å². The highest BCUT2D eigenvalue weighted by atomic mass is 32.1. The number of hydrogen-bond donors (Lipinski definition) is 2. The smallest absolute Gasteiger partial charge is 0.225 e. The van der Waals surface area contributed by atoms with Crippen LogP contribution in [0.4, 0.5) is 0 Å². The zero-order valence-electron chi connectivity index (χ0n) is 10.7. The van der Waals surface area contributed by atoms with E-state index in [1.54, 1.807) is 11.3 Å². The minimum atomic E-state index is -0.283. The SMILES string of the molecule is CCC(CO)C(=O)NCC(C)(C)c1cccs1. The highest BCUT2D eigenvalue weighted by Crippen LogP contribution is 2.26. The van der Waals surface area contributed by atoms with Gasteiger partial charge in [-0.3, -0.25) is 4.79 Å². The van der Waals surface area contributed by atoms with Crippen LogP contribution in [0.25, 0.3) is 0 Å². The highest BCUT2D eigenvalue weighted by molar-refractivity contribution is 7.10. The first-order valence-electron chi connectivity index (χ1n) is 5.93. The summed E-state index contributed by atoms with van der Waals surface area (Å²) in [5.41, 5.74) is -0.0580. The summed E-state index contributed by atoms with van der Waals surface area (Å²) in [6.07, 6.45) is 0.668. The predicted octanol–water partition coefficient (Wildman–Crippen LogP) is 2.16. The Labute approximate surface area is 107 Å². The van der Waals surface area contributed by atoms with Crippen LogP contribution in [-0.4, -0.2) is 24.2 Å². The molecular weight excluding hydrogens is 234 g/mol. The van der Waals surface area contributed by atoms with Crippen LogP contribution in [0.15, 0.2) is 17.5 Å². The van der Waals surface area contributed by atoms with Gasteiger partial charge in [-0.1, -0.05) is 26.8 Å². The van der Waals surface area contributed by atoms with E-state index >= 15 is 0 Å². The molecule has 4 heteroatoms. The molecular formula is C13H21NO2S. The van der Waals surface area contributed by atoms with Crippen molar-refractivity contribution in [2.45, 2.75) is 32.6 Å². The Bertz CT molecular complexity index is 342. The van der Waals surface area contributed by atoms with Crippen LogP contribution in [0.1, 0.15) is 32.1 Å². The van der Waals surface area contributed by atoms with Crippen molar-refractivity contribution in [3.63, 3.8) is 0 Å². The lowest BCUT2D eigenvalue weighted by atomic mass is 9.91. The van der Waals surface area contributed by atoms with Crippen molar-refractivity contribution in [3.8, 4) is 0 Å². The maximum absolute atomic E-state index is 11.8. The molecule has 96 valence electrons. The van der Waals surface area contributed by atoms with Crippen LogP contribution in [0, 0.1) is 5.92 Å². The Morgan fingerprint density at radius 1 is 1.59 bits per heavy atom. The van der Waals surface area contributed by atoms with Gasteiger partial charge >= 0.3 is 0 Å². The molecule has 0 spiro atoms. The van der Waals surface area contributed by atoms with Crippen LogP contribution in [0.5, 0.6) is 0 Å². The Morgan fingerprint density at radius 3 is 2.76 bits per heavy atom. The maximum Gasteiger partial charge on any atom is 0.225 e. The van der Waals surface area contributed by atoms with Gasteiger partial charge in [0.2, 0.25) is 5.91 Å². The number of thiophene rings is 1. The van der Waals surface area contributed by atoms with Gasteiger partial charge < -0.3 is 10.4 Å². The number of rotatable bonds is 6. The van der Waals surface area contributed by atoms with E-state index in [0.717, 1.165) is 0 Å². The molecule has 0 saturated heterocycles. The normalized spacial score (nSPS) is 13.4. The number of nitrogens with one attached hydrogen (secondary N) is 1. The van der Waals surface area contributed by atoms with Gasteiger partial charge in [0, 0.05) is 16.8 Å². The Balaban J connectivity index is 2.53. The van der Waals surface area contributed by atoms with E-state index in [0.29, 0.717) is 13.0 Å². The number of carbonyl (C=O) groups excluding carboxylic acids is 1. The third-order valence-electron chi connectivity index (χ3n) is 2.98. The molecule has 1 heterocycles. The summed E-state index contributed by atoms with van der Waals surface area (Å²) in [6.45, 7) is 6.65. The molecule has 1 aromatic heterocycles. The van der Waals surface area contributed by atoms with E-state index in [-0.39, 0.29) is 23.8 Å². The lowest BCUT2D eigenvalue weighted by Crippen LogP contribution is -2.40. The number of hydrogen-bond acceptors (Lipinski definition) is 3. The third-order valence-corrected chi connectivity index (χ3v) is 4.21.